The molecule has 0 bridgehead atoms. The third-order valence-electron chi connectivity index (χ3n) is 3.41. The van der Waals surface area contributed by atoms with E-state index in [-0.39, 0.29) is 17.3 Å². The van der Waals surface area contributed by atoms with Gasteiger partial charge in [0.25, 0.3) is 11.8 Å². The molecule has 6 nitrogen and oxygen atoms in total. The van der Waals surface area contributed by atoms with Crippen molar-refractivity contribution in [2.24, 2.45) is 0 Å². The molecule has 27 heavy (non-hydrogen) atoms. The van der Waals surface area contributed by atoms with Crippen LogP contribution in [0.4, 0.5) is 4.39 Å². The quantitative estimate of drug-likeness (QED) is 0.479. The van der Waals surface area contributed by atoms with Crippen LogP contribution in [0.1, 0.15) is 22.8 Å². The number of nitrogens with one attached hydrogen (secondary N) is 3. The standard InChI is InChI=1S/C18H17BrFN3O3S/c1-2-11-3-8-15(14(19)9-11)26-10-16(24)22-23-18(27)21-17(25)12-4-6-13(20)7-5-12/h3-9H,2,10H2,1H3,(H,22,24)(H2,21,23,25,27). The Balaban J connectivity index is 1.75. The van der Waals surface area contributed by atoms with Gasteiger partial charge in [-0.1, -0.05) is 13.0 Å². The minimum atomic E-state index is -0.530. The molecular formula is C18H17BrFN3O3S. The smallest absolute Gasteiger partial charge is 0.276 e. The van der Waals surface area contributed by atoms with Crippen LogP contribution in [0.25, 0.3) is 0 Å². The highest BCUT2D eigenvalue weighted by atomic mass is 79.9. The zero-order valence-corrected chi connectivity index (χ0v) is 16.7. The summed E-state index contributed by atoms with van der Waals surface area (Å²) < 4.78 is 19.0. The number of hydrazine groups is 1. The summed E-state index contributed by atoms with van der Waals surface area (Å²) >= 11 is 8.31. The molecule has 142 valence electrons. The molecule has 0 fully saturated rings. The molecule has 0 unspecified atom stereocenters. The average Bonchev–Trinajstić information content (AvgIpc) is 2.65. The molecule has 0 saturated heterocycles. The number of amides is 2. The minimum Gasteiger partial charge on any atom is -0.483 e. The normalized spacial score (nSPS) is 10.0. The molecule has 3 N–H and O–H groups in total. The minimum absolute atomic E-state index is 0.105. The van der Waals surface area contributed by atoms with Crippen molar-refractivity contribution in [1.29, 1.82) is 0 Å². The molecule has 2 rings (SSSR count). The summed E-state index contributed by atoms with van der Waals surface area (Å²) in [6.45, 7) is 1.80. The van der Waals surface area contributed by atoms with Gasteiger partial charge < -0.3 is 4.74 Å². The van der Waals surface area contributed by atoms with Crippen molar-refractivity contribution in [2.45, 2.75) is 13.3 Å². The van der Waals surface area contributed by atoms with Gasteiger partial charge in [-0.05, 0) is 76.5 Å². The summed E-state index contributed by atoms with van der Waals surface area (Å²) in [5.74, 6) is -0.928. The van der Waals surface area contributed by atoms with Gasteiger partial charge in [-0.3, -0.25) is 25.8 Å². The number of thiocarbonyl (C=S) groups is 1. The fourth-order valence-electron chi connectivity index (χ4n) is 1.99. The van der Waals surface area contributed by atoms with Gasteiger partial charge in [0.1, 0.15) is 11.6 Å². The van der Waals surface area contributed by atoms with E-state index in [9.17, 15) is 14.0 Å². The summed E-state index contributed by atoms with van der Waals surface area (Å²) in [4.78, 5) is 23.7. The maximum atomic E-state index is 12.8. The lowest BCUT2D eigenvalue weighted by Gasteiger charge is -2.12. The van der Waals surface area contributed by atoms with Gasteiger partial charge in [-0.15, -0.1) is 0 Å². The number of carbonyl (C=O) groups excluding carboxylic acids is 2. The van der Waals surface area contributed by atoms with Crippen molar-refractivity contribution < 1.29 is 18.7 Å². The molecule has 0 atom stereocenters. The van der Waals surface area contributed by atoms with Gasteiger partial charge in [0.05, 0.1) is 4.47 Å². The Morgan fingerprint density at radius 1 is 1.15 bits per heavy atom. The number of hydrogen-bond donors (Lipinski definition) is 3. The van der Waals surface area contributed by atoms with Crippen LogP contribution in [-0.4, -0.2) is 23.5 Å². The number of hydrogen-bond acceptors (Lipinski definition) is 4. The third-order valence-corrected chi connectivity index (χ3v) is 4.24. The van der Waals surface area contributed by atoms with Crippen LogP contribution >= 0.6 is 28.1 Å². The van der Waals surface area contributed by atoms with E-state index in [4.69, 9.17) is 17.0 Å². The number of aryl methyl sites for hydroxylation is 1. The summed E-state index contributed by atoms with van der Waals surface area (Å²) in [5.41, 5.74) is 6.09. The van der Waals surface area contributed by atoms with E-state index in [2.05, 4.69) is 32.1 Å². The predicted molar refractivity (Wildman–Crippen MR) is 107 cm³/mol. The largest absolute Gasteiger partial charge is 0.483 e. The Morgan fingerprint density at radius 3 is 2.48 bits per heavy atom. The van der Waals surface area contributed by atoms with E-state index in [1.54, 1.807) is 6.07 Å². The molecule has 2 aromatic carbocycles. The van der Waals surface area contributed by atoms with Crippen molar-refractivity contribution in [3.8, 4) is 5.75 Å². The van der Waals surface area contributed by atoms with Crippen LogP contribution in [0.2, 0.25) is 0 Å². The first-order valence-electron chi connectivity index (χ1n) is 7.96. The number of carbonyl (C=O) groups is 2. The molecule has 0 saturated carbocycles. The molecule has 0 aliphatic heterocycles. The Labute approximate surface area is 169 Å². The van der Waals surface area contributed by atoms with Crippen LogP contribution in [0, 0.1) is 5.82 Å². The fourth-order valence-corrected chi connectivity index (χ4v) is 2.68. The van der Waals surface area contributed by atoms with Crippen molar-refractivity contribution >= 4 is 45.1 Å². The fraction of sp³-hybridized carbons (Fsp3) is 0.167. The maximum absolute atomic E-state index is 12.8. The van der Waals surface area contributed by atoms with Gasteiger partial charge in [0.15, 0.2) is 11.7 Å². The molecule has 0 aliphatic rings. The van der Waals surface area contributed by atoms with E-state index in [0.29, 0.717) is 5.75 Å². The number of ether oxygens (including phenoxy) is 1. The first-order valence-corrected chi connectivity index (χ1v) is 9.16. The van der Waals surface area contributed by atoms with E-state index in [0.717, 1.165) is 28.6 Å². The highest BCUT2D eigenvalue weighted by Crippen LogP contribution is 2.26. The molecule has 0 radical (unpaired) electrons. The van der Waals surface area contributed by atoms with Gasteiger partial charge in [0, 0.05) is 5.56 Å². The number of rotatable bonds is 5. The zero-order chi connectivity index (χ0) is 19.8. The maximum Gasteiger partial charge on any atom is 0.276 e. The van der Waals surface area contributed by atoms with Crippen molar-refractivity contribution in [3.63, 3.8) is 0 Å². The van der Waals surface area contributed by atoms with E-state index >= 15 is 0 Å². The summed E-state index contributed by atoms with van der Waals surface area (Å²) in [7, 11) is 0. The van der Waals surface area contributed by atoms with Gasteiger partial charge >= 0.3 is 0 Å². The third kappa shape index (κ3) is 6.61. The monoisotopic (exact) mass is 453 g/mol. The predicted octanol–water partition coefficient (Wildman–Crippen LogP) is 2.87. The van der Waals surface area contributed by atoms with E-state index < -0.39 is 17.6 Å². The van der Waals surface area contributed by atoms with Gasteiger partial charge in [-0.25, -0.2) is 4.39 Å². The topological polar surface area (TPSA) is 79.5 Å². The lowest BCUT2D eigenvalue weighted by Crippen LogP contribution is -2.49. The lowest BCUT2D eigenvalue weighted by atomic mass is 10.2. The van der Waals surface area contributed by atoms with Crippen molar-refractivity contribution in [2.75, 3.05) is 6.61 Å². The molecule has 0 spiro atoms. The zero-order valence-electron chi connectivity index (χ0n) is 14.3. The average molecular weight is 454 g/mol. The first-order chi connectivity index (χ1) is 12.9. The van der Waals surface area contributed by atoms with Gasteiger partial charge in [-0.2, -0.15) is 0 Å². The van der Waals surface area contributed by atoms with Crippen molar-refractivity contribution in [3.05, 3.63) is 63.9 Å². The summed E-state index contributed by atoms with van der Waals surface area (Å²) in [5, 5.41) is 2.26. The lowest BCUT2D eigenvalue weighted by molar-refractivity contribution is -0.123. The second-order valence-corrected chi connectivity index (χ2v) is 6.63. The second-order valence-electron chi connectivity index (χ2n) is 5.37. The molecular weight excluding hydrogens is 437 g/mol. The Kier molecular flexibility index (Phi) is 7.68. The molecule has 0 aliphatic carbocycles. The highest BCUT2D eigenvalue weighted by Gasteiger charge is 2.10. The molecule has 2 amide bonds. The van der Waals surface area contributed by atoms with E-state index in [1.165, 1.54) is 12.1 Å². The van der Waals surface area contributed by atoms with Crippen LogP contribution in [0.3, 0.4) is 0 Å². The molecule has 0 aromatic heterocycles. The first kappa shape index (κ1) is 20.8. The van der Waals surface area contributed by atoms with Crippen LogP contribution in [-0.2, 0) is 11.2 Å². The summed E-state index contributed by atoms with van der Waals surface area (Å²) in [6, 6.07) is 10.6. The second kappa shape index (κ2) is 9.98. The highest BCUT2D eigenvalue weighted by molar-refractivity contribution is 9.10. The SMILES string of the molecule is CCc1ccc(OCC(=O)NNC(=S)NC(=O)c2ccc(F)cc2)c(Br)c1. The van der Waals surface area contributed by atoms with E-state index in [1.807, 2.05) is 19.1 Å². The number of benzene rings is 2. The Bertz CT molecular complexity index is 846. The number of halogens is 2. The van der Waals surface area contributed by atoms with Crippen LogP contribution in [0.5, 0.6) is 5.75 Å². The Hall–Kier alpha value is -2.52. The summed E-state index contributed by atoms with van der Waals surface area (Å²) in [6.07, 6.45) is 0.893. The molecule has 0 heterocycles. The molecule has 2 aromatic rings. The van der Waals surface area contributed by atoms with Crippen LogP contribution in [0.15, 0.2) is 46.9 Å². The van der Waals surface area contributed by atoms with Crippen LogP contribution < -0.4 is 20.9 Å². The Morgan fingerprint density at radius 2 is 1.85 bits per heavy atom. The van der Waals surface area contributed by atoms with Gasteiger partial charge in [0.2, 0.25) is 0 Å². The van der Waals surface area contributed by atoms with Crippen molar-refractivity contribution in [1.82, 2.24) is 16.2 Å². The molecule has 9 heteroatoms.